The van der Waals surface area contributed by atoms with Crippen LogP contribution in [-0.2, 0) is 6.54 Å². The molecule has 0 amide bonds. The predicted octanol–water partition coefficient (Wildman–Crippen LogP) is 2.26. The van der Waals surface area contributed by atoms with E-state index in [0.717, 1.165) is 42.2 Å². The first-order chi connectivity index (χ1) is 9.15. The van der Waals surface area contributed by atoms with Gasteiger partial charge in [0.2, 0.25) is 0 Å². The van der Waals surface area contributed by atoms with Gasteiger partial charge in [-0.2, -0.15) is 0 Å². The molecule has 5 heteroatoms. The highest BCUT2D eigenvalue weighted by molar-refractivity contribution is 9.10. The maximum Gasteiger partial charge on any atom is 0.161 e. The van der Waals surface area contributed by atoms with Crippen molar-refractivity contribution < 1.29 is 9.47 Å². The summed E-state index contributed by atoms with van der Waals surface area (Å²) in [7, 11) is 3.32. The van der Waals surface area contributed by atoms with E-state index in [1.807, 2.05) is 6.07 Å². The van der Waals surface area contributed by atoms with Crippen molar-refractivity contribution in [2.45, 2.75) is 19.5 Å². The lowest BCUT2D eigenvalue weighted by molar-refractivity contribution is 0.165. The number of rotatable bonds is 4. The van der Waals surface area contributed by atoms with E-state index >= 15 is 0 Å². The summed E-state index contributed by atoms with van der Waals surface area (Å²) < 4.78 is 11.7. The Labute approximate surface area is 123 Å². The number of hydrogen-bond donors (Lipinski definition) is 1. The van der Waals surface area contributed by atoms with Crippen molar-refractivity contribution in [2.24, 2.45) is 0 Å². The molecular formula is C14H21BrN2O2. The number of hydrogen-bond acceptors (Lipinski definition) is 4. The molecular weight excluding hydrogens is 308 g/mol. The Bertz CT molecular complexity index is 440. The van der Waals surface area contributed by atoms with Crippen LogP contribution in [0.4, 0.5) is 0 Å². The van der Waals surface area contributed by atoms with Crippen molar-refractivity contribution in [1.82, 2.24) is 10.2 Å². The molecule has 4 nitrogen and oxygen atoms in total. The molecule has 1 atom stereocenters. The second-order valence-corrected chi connectivity index (χ2v) is 5.68. The fraction of sp³-hybridized carbons (Fsp3) is 0.571. The van der Waals surface area contributed by atoms with Gasteiger partial charge < -0.3 is 14.8 Å². The first kappa shape index (κ1) is 14.6. The Hall–Kier alpha value is -0.780. The fourth-order valence-corrected chi connectivity index (χ4v) is 2.80. The van der Waals surface area contributed by atoms with Crippen LogP contribution in [-0.4, -0.2) is 44.8 Å². The maximum atomic E-state index is 5.37. The Morgan fingerprint density at radius 3 is 2.63 bits per heavy atom. The Balaban J connectivity index is 2.19. The van der Waals surface area contributed by atoms with E-state index in [9.17, 15) is 0 Å². The standard InChI is InChI=1S/C14H21BrN2O2/c1-10-8-16-4-5-17(10)9-11-6-13(18-2)14(19-3)7-12(11)15/h6-7,10,16H,4-5,8-9H2,1-3H3/t10-/m0/s1. The van der Waals surface area contributed by atoms with Gasteiger partial charge in [-0.05, 0) is 24.6 Å². The van der Waals surface area contributed by atoms with Gasteiger partial charge in [0.05, 0.1) is 14.2 Å². The van der Waals surface area contributed by atoms with Crippen molar-refractivity contribution in [3.8, 4) is 11.5 Å². The minimum absolute atomic E-state index is 0.550. The van der Waals surface area contributed by atoms with Gasteiger partial charge in [0.25, 0.3) is 0 Å². The molecule has 1 fully saturated rings. The lowest BCUT2D eigenvalue weighted by Crippen LogP contribution is -2.49. The molecule has 2 rings (SSSR count). The molecule has 19 heavy (non-hydrogen) atoms. The number of nitrogens with zero attached hydrogens (tertiary/aromatic N) is 1. The predicted molar refractivity (Wildman–Crippen MR) is 80.0 cm³/mol. The van der Waals surface area contributed by atoms with Gasteiger partial charge >= 0.3 is 0 Å². The summed E-state index contributed by atoms with van der Waals surface area (Å²) in [5.74, 6) is 1.54. The molecule has 1 heterocycles. The van der Waals surface area contributed by atoms with E-state index in [-0.39, 0.29) is 0 Å². The molecule has 1 aliphatic rings. The molecule has 1 aromatic rings. The third kappa shape index (κ3) is 3.41. The van der Waals surface area contributed by atoms with Crippen molar-refractivity contribution in [3.63, 3.8) is 0 Å². The van der Waals surface area contributed by atoms with E-state index in [4.69, 9.17) is 9.47 Å². The quantitative estimate of drug-likeness (QED) is 0.919. The zero-order valence-corrected chi connectivity index (χ0v) is 13.3. The number of ether oxygens (including phenoxy) is 2. The summed E-state index contributed by atoms with van der Waals surface area (Å²) in [5.41, 5.74) is 1.23. The number of nitrogens with one attached hydrogen (secondary N) is 1. The highest BCUT2D eigenvalue weighted by atomic mass is 79.9. The third-order valence-corrected chi connectivity index (χ3v) is 4.30. The van der Waals surface area contributed by atoms with Gasteiger partial charge in [-0.15, -0.1) is 0 Å². The molecule has 0 unspecified atom stereocenters. The van der Waals surface area contributed by atoms with Gasteiger partial charge in [-0.25, -0.2) is 0 Å². The lowest BCUT2D eigenvalue weighted by atomic mass is 10.1. The van der Waals surface area contributed by atoms with E-state index < -0.39 is 0 Å². The van der Waals surface area contributed by atoms with Crippen LogP contribution in [0.25, 0.3) is 0 Å². The average molecular weight is 329 g/mol. The molecule has 1 aromatic carbocycles. The summed E-state index contributed by atoms with van der Waals surface area (Å²) in [4.78, 5) is 2.47. The zero-order valence-electron chi connectivity index (χ0n) is 11.7. The van der Waals surface area contributed by atoms with Crippen molar-refractivity contribution >= 4 is 15.9 Å². The van der Waals surface area contributed by atoms with E-state index in [1.54, 1.807) is 14.2 Å². The van der Waals surface area contributed by atoms with Crippen molar-refractivity contribution in [2.75, 3.05) is 33.9 Å². The minimum atomic E-state index is 0.550. The summed E-state index contributed by atoms with van der Waals surface area (Å²) in [6.07, 6.45) is 0. The molecule has 0 bridgehead atoms. The van der Waals surface area contributed by atoms with E-state index in [2.05, 4.69) is 39.1 Å². The number of benzene rings is 1. The largest absolute Gasteiger partial charge is 0.493 e. The second kappa shape index (κ2) is 6.59. The Morgan fingerprint density at radius 2 is 2.00 bits per heavy atom. The minimum Gasteiger partial charge on any atom is -0.493 e. The zero-order chi connectivity index (χ0) is 13.8. The molecule has 1 N–H and O–H groups in total. The highest BCUT2D eigenvalue weighted by Gasteiger charge is 2.19. The molecule has 1 aliphatic heterocycles. The van der Waals surface area contributed by atoms with Crippen LogP contribution in [0.15, 0.2) is 16.6 Å². The lowest BCUT2D eigenvalue weighted by Gasteiger charge is -2.34. The van der Waals surface area contributed by atoms with Gasteiger partial charge in [0.1, 0.15) is 0 Å². The van der Waals surface area contributed by atoms with Gasteiger partial charge in [0, 0.05) is 36.7 Å². The molecule has 0 saturated carbocycles. The van der Waals surface area contributed by atoms with Crippen LogP contribution in [0.5, 0.6) is 11.5 Å². The van der Waals surface area contributed by atoms with Crippen molar-refractivity contribution in [1.29, 1.82) is 0 Å². The highest BCUT2D eigenvalue weighted by Crippen LogP contribution is 2.34. The molecule has 0 spiro atoms. The normalized spacial score (nSPS) is 20.3. The van der Waals surface area contributed by atoms with E-state index in [1.165, 1.54) is 5.56 Å². The van der Waals surface area contributed by atoms with Crippen LogP contribution < -0.4 is 14.8 Å². The van der Waals surface area contributed by atoms with Gasteiger partial charge in [-0.3, -0.25) is 4.90 Å². The third-order valence-electron chi connectivity index (χ3n) is 3.56. The van der Waals surface area contributed by atoms with Crippen LogP contribution >= 0.6 is 15.9 Å². The first-order valence-corrected chi connectivity index (χ1v) is 7.30. The molecule has 0 aliphatic carbocycles. The Morgan fingerprint density at radius 1 is 1.32 bits per heavy atom. The smallest absolute Gasteiger partial charge is 0.161 e. The van der Waals surface area contributed by atoms with Crippen LogP contribution in [0.3, 0.4) is 0 Å². The van der Waals surface area contributed by atoms with Crippen LogP contribution in [0.1, 0.15) is 12.5 Å². The van der Waals surface area contributed by atoms with Gasteiger partial charge in [0.15, 0.2) is 11.5 Å². The molecule has 106 valence electrons. The molecule has 1 saturated heterocycles. The second-order valence-electron chi connectivity index (χ2n) is 4.82. The summed E-state index contributed by atoms with van der Waals surface area (Å²) in [6, 6.07) is 4.58. The van der Waals surface area contributed by atoms with Crippen LogP contribution in [0.2, 0.25) is 0 Å². The average Bonchev–Trinajstić information content (AvgIpc) is 2.42. The van der Waals surface area contributed by atoms with Crippen LogP contribution in [0, 0.1) is 0 Å². The first-order valence-electron chi connectivity index (χ1n) is 6.51. The monoisotopic (exact) mass is 328 g/mol. The number of methoxy groups -OCH3 is 2. The topological polar surface area (TPSA) is 33.7 Å². The summed E-state index contributed by atoms with van der Waals surface area (Å²) in [5, 5.41) is 3.41. The van der Waals surface area contributed by atoms with Crippen molar-refractivity contribution in [3.05, 3.63) is 22.2 Å². The SMILES string of the molecule is COc1cc(Br)c(CN2CCNC[C@@H]2C)cc1OC. The number of halogens is 1. The number of piperazine rings is 1. The molecule has 0 aromatic heterocycles. The summed E-state index contributed by atoms with van der Waals surface area (Å²) in [6.45, 7) is 6.34. The van der Waals surface area contributed by atoms with E-state index in [0.29, 0.717) is 6.04 Å². The maximum absolute atomic E-state index is 5.37. The Kier molecular flexibility index (Phi) is 5.07. The van der Waals surface area contributed by atoms with Gasteiger partial charge in [-0.1, -0.05) is 15.9 Å². The molecule has 0 radical (unpaired) electrons. The fourth-order valence-electron chi connectivity index (χ4n) is 2.35. The summed E-state index contributed by atoms with van der Waals surface area (Å²) >= 11 is 3.62.